The summed E-state index contributed by atoms with van der Waals surface area (Å²) >= 11 is 0. The maximum Gasteiger partial charge on any atom is 0.255 e. The van der Waals surface area contributed by atoms with Gasteiger partial charge in [0.05, 0.1) is 5.56 Å². The van der Waals surface area contributed by atoms with Crippen LogP contribution in [0.25, 0.3) is 0 Å². The molecule has 0 radical (unpaired) electrons. The molecule has 0 aliphatic rings. The third-order valence-electron chi connectivity index (χ3n) is 3.57. The fourth-order valence-electron chi connectivity index (χ4n) is 2.08. The minimum atomic E-state index is 0.121. The maximum atomic E-state index is 12.6. The van der Waals surface area contributed by atoms with E-state index in [-0.39, 0.29) is 5.91 Å². The average Bonchev–Trinajstić information content (AvgIpc) is 2.43. The van der Waals surface area contributed by atoms with Crippen molar-refractivity contribution in [1.29, 1.82) is 0 Å². The molecule has 0 aliphatic heterocycles. The van der Waals surface area contributed by atoms with E-state index in [0.717, 1.165) is 36.3 Å². The van der Waals surface area contributed by atoms with Gasteiger partial charge in [-0.05, 0) is 31.9 Å². The maximum absolute atomic E-state index is 12.6. The third kappa shape index (κ3) is 3.98. The first-order valence-corrected chi connectivity index (χ1v) is 7.11. The average molecular weight is 262 g/mol. The lowest BCUT2D eigenvalue weighted by Crippen LogP contribution is -2.34. The van der Waals surface area contributed by atoms with Crippen molar-refractivity contribution in [3.63, 3.8) is 0 Å². The number of hydrogen-bond donors (Lipinski definition) is 1. The Morgan fingerprint density at radius 1 is 1.37 bits per heavy atom. The molecule has 0 saturated carbocycles. The second-order valence-corrected chi connectivity index (χ2v) is 5.16. The molecule has 0 spiro atoms. The molecule has 1 aromatic rings. The summed E-state index contributed by atoms with van der Waals surface area (Å²) in [6.07, 6.45) is 1.09. The zero-order valence-corrected chi connectivity index (χ0v) is 12.8. The highest BCUT2D eigenvalue weighted by atomic mass is 16.2. The topological polar surface area (TPSA) is 32.3 Å². The van der Waals surface area contributed by atoms with Crippen LogP contribution in [0.1, 0.15) is 43.1 Å². The highest BCUT2D eigenvalue weighted by Crippen LogP contribution is 2.19. The molecule has 1 atom stereocenters. The van der Waals surface area contributed by atoms with Gasteiger partial charge in [0.15, 0.2) is 0 Å². The van der Waals surface area contributed by atoms with Crippen LogP contribution < -0.4 is 5.32 Å². The minimum Gasteiger partial charge on any atom is -0.387 e. The molecule has 0 saturated heterocycles. The Hall–Kier alpha value is -1.51. The van der Waals surface area contributed by atoms with Gasteiger partial charge in [0.1, 0.15) is 0 Å². The van der Waals surface area contributed by atoms with Crippen molar-refractivity contribution in [2.24, 2.45) is 5.92 Å². The van der Waals surface area contributed by atoms with E-state index in [0.29, 0.717) is 5.92 Å². The number of nitrogens with one attached hydrogen (secondary N) is 1. The van der Waals surface area contributed by atoms with Gasteiger partial charge in [-0.3, -0.25) is 4.79 Å². The van der Waals surface area contributed by atoms with Crippen molar-refractivity contribution in [1.82, 2.24) is 4.90 Å². The molecule has 106 valence electrons. The first-order chi connectivity index (χ1) is 9.03. The van der Waals surface area contributed by atoms with E-state index >= 15 is 0 Å². The molecular formula is C16H26N2O. The lowest BCUT2D eigenvalue weighted by Gasteiger charge is -2.25. The summed E-state index contributed by atoms with van der Waals surface area (Å²) in [4.78, 5) is 14.6. The van der Waals surface area contributed by atoms with Crippen LogP contribution in [0, 0.1) is 12.8 Å². The van der Waals surface area contributed by atoms with Crippen molar-refractivity contribution in [2.75, 3.05) is 25.5 Å². The Kier molecular flexibility index (Phi) is 5.87. The van der Waals surface area contributed by atoms with E-state index in [9.17, 15) is 4.79 Å². The first-order valence-electron chi connectivity index (χ1n) is 7.11. The number of carbonyl (C=O) groups is 1. The lowest BCUT2D eigenvalue weighted by atomic mass is 10.1. The summed E-state index contributed by atoms with van der Waals surface area (Å²) in [5.74, 6) is 0.655. The molecule has 1 aromatic carbocycles. The largest absolute Gasteiger partial charge is 0.387 e. The second kappa shape index (κ2) is 7.17. The van der Waals surface area contributed by atoms with Crippen molar-refractivity contribution in [2.45, 2.75) is 34.1 Å². The van der Waals surface area contributed by atoms with E-state index in [1.807, 2.05) is 44.0 Å². The monoisotopic (exact) mass is 262 g/mol. The van der Waals surface area contributed by atoms with Crippen molar-refractivity contribution in [3.05, 3.63) is 29.3 Å². The van der Waals surface area contributed by atoms with Gasteiger partial charge in [-0.25, -0.2) is 0 Å². The van der Waals surface area contributed by atoms with Crippen LogP contribution in [-0.4, -0.2) is 30.9 Å². The molecule has 3 nitrogen and oxygen atoms in total. The van der Waals surface area contributed by atoms with Crippen LogP contribution in [0.3, 0.4) is 0 Å². The Morgan fingerprint density at radius 3 is 2.58 bits per heavy atom. The van der Waals surface area contributed by atoms with Gasteiger partial charge < -0.3 is 10.2 Å². The fraction of sp³-hybridized carbons (Fsp3) is 0.562. The fourth-order valence-corrected chi connectivity index (χ4v) is 2.08. The van der Waals surface area contributed by atoms with Crippen molar-refractivity contribution < 1.29 is 4.79 Å². The molecule has 1 amide bonds. The SMILES string of the molecule is CCC(C)CN(CC)C(=O)c1cc(C)ccc1NC. The van der Waals surface area contributed by atoms with Crippen LogP contribution in [0.5, 0.6) is 0 Å². The lowest BCUT2D eigenvalue weighted by molar-refractivity contribution is 0.0741. The molecule has 0 bridgehead atoms. The van der Waals surface area contributed by atoms with E-state index in [1.165, 1.54) is 0 Å². The molecule has 0 fully saturated rings. The van der Waals surface area contributed by atoms with Crippen molar-refractivity contribution >= 4 is 11.6 Å². The van der Waals surface area contributed by atoms with Gasteiger partial charge in [0.25, 0.3) is 5.91 Å². The van der Waals surface area contributed by atoms with Crippen molar-refractivity contribution in [3.8, 4) is 0 Å². The normalized spacial score (nSPS) is 12.1. The molecule has 1 rings (SSSR count). The molecule has 1 N–H and O–H groups in total. The van der Waals surface area contributed by atoms with Crippen LogP contribution in [-0.2, 0) is 0 Å². The standard InChI is InChI=1S/C16H26N2O/c1-6-12(3)11-18(7-2)16(19)14-10-13(4)8-9-15(14)17-5/h8-10,12,17H,6-7,11H2,1-5H3. The number of carbonyl (C=O) groups excluding carboxylic acids is 1. The van der Waals surface area contributed by atoms with Gasteiger partial charge in [0, 0.05) is 25.8 Å². The number of hydrogen-bond acceptors (Lipinski definition) is 2. The summed E-state index contributed by atoms with van der Waals surface area (Å²) in [6, 6.07) is 5.96. The van der Waals surface area contributed by atoms with E-state index in [4.69, 9.17) is 0 Å². The molecule has 0 aliphatic carbocycles. The predicted molar refractivity (Wildman–Crippen MR) is 81.8 cm³/mol. The Labute approximate surface area is 117 Å². The molecular weight excluding hydrogens is 236 g/mol. The second-order valence-electron chi connectivity index (χ2n) is 5.16. The van der Waals surface area contributed by atoms with Gasteiger partial charge >= 0.3 is 0 Å². The van der Waals surface area contributed by atoms with Crippen LogP contribution in [0.15, 0.2) is 18.2 Å². The van der Waals surface area contributed by atoms with Gasteiger partial charge in [-0.1, -0.05) is 31.9 Å². The molecule has 3 heteroatoms. The van der Waals surface area contributed by atoms with Gasteiger partial charge in [-0.15, -0.1) is 0 Å². The molecule has 19 heavy (non-hydrogen) atoms. The third-order valence-corrected chi connectivity index (χ3v) is 3.57. The van der Waals surface area contributed by atoms with Crippen LogP contribution in [0.2, 0.25) is 0 Å². The van der Waals surface area contributed by atoms with Crippen LogP contribution >= 0.6 is 0 Å². The molecule has 1 unspecified atom stereocenters. The molecule has 0 aromatic heterocycles. The zero-order chi connectivity index (χ0) is 14.4. The quantitative estimate of drug-likeness (QED) is 0.850. The van der Waals surface area contributed by atoms with E-state index in [2.05, 4.69) is 19.2 Å². The van der Waals surface area contributed by atoms with Crippen LogP contribution in [0.4, 0.5) is 5.69 Å². The number of anilines is 1. The van der Waals surface area contributed by atoms with E-state index in [1.54, 1.807) is 0 Å². The summed E-state index contributed by atoms with van der Waals surface area (Å²) in [5, 5.41) is 3.10. The minimum absolute atomic E-state index is 0.121. The first kappa shape index (κ1) is 15.5. The number of benzene rings is 1. The summed E-state index contributed by atoms with van der Waals surface area (Å²) in [5.41, 5.74) is 2.78. The predicted octanol–water partition coefficient (Wildman–Crippen LogP) is 3.54. The summed E-state index contributed by atoms with van der Waals surface area (Å²) in [6.45, 7) is 9.97. The number of nitrogens with zero attached hydrogens (tertiary/aromatic N) is 1. The molecule has 0 heterocycles. The Morgan fingerprint density at radius 2 is 2.05 bits per heavy atom. The van der Waals surface area contributed by atoms with Gasteiger partial charge in [0.2, 0.25) is 0 Å². The number of amides is 1. The Bertz CT molecular complexity index is 429. The Balaban J connectivity index is 2.99. The number of aryl methyl sites for hydroxylation is 1. The highest BCUT2D eigenvalue weighted by Gasteiger charge is 2.18. The highest BCUT2D eigenvalue weighted by molar-refractivity contribution is 5.99. The van der Waals surface area contributed by atoms with Gasteiger partial charge in [-0.2, -0.15) is 0 Å². The summed E-state index contributed by atoms with van der Waals surface area (Å²) < 4.78 is 0. The van der Waals surface area contributed by atoms with E-state index < -0.39 is 0 Å². The smallest absolute Gasteiger partial charge is 0.255 e. The summed E-state index contributed by atoms with van der Waals surface area (Å²) in [7, 11) is 1.85. The zero-order valence-electron chi connectivity index (χ0n) is 12.8. The number of rotatable bonds is 6.